The summed E-state index contributed by atoms with van der Waals surface area (Å²) >= 11 is 0. The second kappa shape index (κ2) is 8.24. The first-order chi connectivity index (χ1) is 12.6. The Labute approximate surface area is 151 Å². The maximum Gasteiger partial charge on any atom is 0.312 e. The summed E-state index contributed by atoms with van der Waals surface area (Å²) in [7, 11) is 0. The quantitative estimate of drug-likeness (QED) is 0.698. The Morgan fingerprint density at radius 2 is 1.81 bits per heavy atom. The number of benzene rings is 2. The molecular formula is C19H21N3O4. The van der Waals surface area contributed by atoms with Crippen LogP contribution in [0.5, 0.6) is 11.5 Å². The lowest BCUT2D eigenvalue weighted by Gasteiger charge is -2.17. The predicted molar refractivity (Wildman–Crippen MR) is 95.9 cm³/mol. The van der Waals surface area contributed by atoms with Gasteiger partial charge in [0.1, 0.15) is 6.04 Å². The molecule has 0 saturated carbocycles. The molecule has 0 saturated heterocycles. The molecule has 0 bridgehead atoms. The van der Waals surface area contributed by atoms with E-state index < -0.39 is 12.1 Å². The Bertz CT molecular complexity index is 780. The number of ether oxygens (including phenoxy) is 2. The summed E-state index contributed by atoms with van der Waals surface area (Å²) in [5, 5.41) is 5.34. The average Bonchev–Trinajstić information content (AvgIpc) is 3.09. The van der Waals surface area contributed by atoms with Crippen molar-refractivity contribution >= 4 is 11.9 Å². The monoisotopic (exact) mass is 355 g/mol. The molecular weight excluding hydrogens is 334 g/mol. The number of nitrogens with one attached hydrogen (secondary N) is 2. The number of carbonyl (C=O) groups is 2. The minimum Gasteiger partial charge on any atom is -0.454 e. The zero-order chi connectivity index (χ0) is 18.4. The number of urea groups is 1. The standard InChI is InChI=1S/C19H21N3O4/c20-19(24)22-15(10-13-4-2-1-3-5-13)18(23)21-9-8-14-6-7-16-17(11-14)26-12-25-16/h1-7,11,15H,8-10,12H2,(H,21,23)(H3,20,22,24). The minimum absolute atomic E-state index is 0.232. The van der Waals surface area contributed by atoms with Crippen LogP contribution in [0.15, 0.2) is 48.5 Å². The molecule has 0 fully saturated rings. The Morgan fingerprint density at radius 3 is 2.58 bits per heavy atom. The minimum atomic E-state index is -0.725. The second-order valence-corrected chi connectivity index (χ2v) is 5.98. The molecule has 1 atom stereocenters. The van der Waals surface area contributed by atoms with E-state index in [-0.39, 0.29) is 12.7 Å². The fourth-order valence-corrected chi connectivity index (χ4v) is 2.78. The lowest BCUT2D eigenvalue weighted by atomic mass is 10.1. The van der Waals surface area contributed by atoms with E-state index in [9.17, 15) is 9.59 Å². The highest BCUT2D eigenvalue weighted by Crippen LogP contribution is 2.32. The highest BCUT2D eigenvalue weighted by atomic mass is 16.7. The largest absolute Gasteiger partial charge is 0.454 e. The Balaban J connectivity index is 1.54. The van der Waals surface area contributed by atoms with Crippen molar-refractivity contribution in [3.05, 3.63) is 59.7 Å². The first-order valence-electron chi connectivity index (χ1n) is 8.38. The molecule has 7 heteroatoms. The van der Waals surface area contributed by atoms with E-state index in [1.54, 1.807) is 0 Å². The molecule has 0 spiro atoms. The molecule has 7 nitrogen and oxygen atoms in total. The highest BCUT2D eigenvalue weighted by Gasteiger charge is 2.20. The van der Waals surface area contributed by atoms with Crippen molar-refractivity contribution in [1.29, 1.82) is 0 Å². The van der Waals surface area contributed by atoms with Gasteiger partial charge in [0.2, 0.25) is 12.7 Å². The van der Waals surface area contributed by atoms with Gasteiger partial charge in [0.15, 0.2) is 11.5 Å². The number of amides is 3. The molecule has 1 unspecified atom stereocenters. The van der Waals surface area contributed by atoms with Gasteiger partial charge in [0.05, 0.1) is 0 Å². The van der Waals surface area contributed by atoms with Crippen molar-refractivity contribution in [2.45, 2.75) is 18.9 Å². The Morgan fingerprint density at radius 1 is 1.04 bits per heavy atom. The average molecular weight is 355 g/mol. The van der Waals surface area contributed by atoms with E-state index in [2.05, 4.69) is 10.6 Å². The van der Waals surface area contributed by atoms with E-state index in [0.29, 0.717) is 25.1 Å². The maximum atomic E-state index is 12.4. The van der Waals surface area contributed by atoms with Crippen molar-refractivity contribution in [2.24, 2.45) is 5.73 Å². The molecule has 1 aliphatic heterocycles. The number of rotatable bonds is 7. The van der Waals surface area contributed by atoms with Gasteiger partial charge in [-0.1, -0.05) is 36.4 Å². The molecule has 2 aromatic carbocycles. The van der Waals surface area contributed by atoms with Gasteiger partial charge in [0, 0.05) is 13.0 Å². The Hall–Kier alpha value is -3.22. The summed E-state index contributed by atoms with van der Waals surface area (Å²) in [6.07, 6.45) is 1.01. The van der Waals surface area contributed by atoms with Crippen molar-refractivity contribution in [1.82, 2.24) is 10.6 Å². The summed E-state index contributed by atoms with van der Waals surface area (Å²) in [5.41, 5.74) is 7.17. The normalized spacial score (nSPS) is 13.1. The van der Waals surface area contributed by atoms with Crippen molar-refractivity contribution in [2.75, 3.05) is 13.3 Å². The molecule has 3 rings (SSSR count). The summed E-state index contributed by atoms with van der Waals surface area (Å²) in [6.45, 7) is 0.666. The maximum absolute atomic E-state index is 12.4. The van der Waals surface area contributed by atoms with Crippen LogP contribution in [0, 0.1) is 0 Å². The zero-order valence-electron chi connectivity index (χ0n) is 14.2. The smallest absolute Gasteiger partial charge is 0.312 e. The van der Waals surface area contributed by atoms with Gasteiger partial charge < -0.3 is 25.8 Å². The SMILES string of the molecule is NC(=O)NC(Cc1ccccc1)C(=O)NCCc1ccc2c(c1)OCO2. The number of hydrogen-bond acceptors (Lipinski definition) is 4. The van der Waals surface area contributed by atoms with Gasteiger partial charge in [-0.05, 0) is 29.7 Å². The number of nitrogens with two attached hydrogens (primary N) is 1. The van der Waals surface area contributed by atoms with Gasteiger partial charge in [0.25, 0.3) is 0 Å². The van der Waals surface area contributed by atoms with Crippen LogP contribution in [0.1, 0.15) is 11.1 Å². The number of hydrogen-bond donors (Lipinski definition) is 3. The third kappa shape index (κ3) is 4.66. The molecule has 1 heterocycles. The zero-order valence-corrected chi connectivity index (χ0v) is 14.2. The van der Waals surface area contributed by atoms with Crippen LogP contribution >= 0.6 is 0 Å². The number of fused-ring (bicyclic) bond motifs is 1. The van der Waals surface area contributed by atoms with Gasteiger partial charge in [-0.15, -0.1) is 0 Å². The molecule has 1 aliphatic rings. The Kier molecular flexibility index (Phi) is 5.58. The van der Waals surface area contributed by atoms with E-state index in [0.717, 1.165) is 16.9 Å². The first kappa shape index (κ1) is 17.6. The summed E-state index contributed by atoms with van der Waals surface area (Å²) in [5.74, 6) is 1.17. The van der Waals surface area contributed by atoms with Gasteiger partial charge in [-0.3, -0.25) is 4.79 Å². The van der Waals surface area contributed by atoms with Crippen LogP contribution in [0.3, 0.4) is 0 Å². The van der Waals surface area contributed by atoms with Gasteiger partial charge >= 0.3 is 6.03 Å². The lowest BCUT2D eigenvalue weighted by molar-refractivity contribution is -0.122. The summed E-state index contributed by atoms with van der Waals surface area (Å²) < 4.78 is 10.6. The third-order valence-corrected chi connectivity index (χ3v) is 4.07. The van der Waals surface area contributed by atoms with Crippen LogP contribution in [0.4, 0.5) is 4.79 Å². The van der Waals surface area contributed by atoms with Crippen LogP contribution < -0.4 is 25.8 Å². The van der Waals surface area contributed by atoms with Crippen LogP contribution in [0.2, 0.25) is 0 Å². The number of carbonyl (C=O) groups excluding carboxylic acids is 2. The second-order valence-electron chi connectivity index (χ2n) is 5.98. The predicted octanol–water partition coefficient (Wildman–Crippen LogP) is 1.35. The number of primary amides is 1. The fraction of sp³-hybridized carbons (Fsp3) is 0.263. The van der Waals surface area contributed by atoms with E-state index in [4.69, 9.17) is 15.2 Å². The molecule has 136 valence electrons. The highest BCUT2D eigenvalue weighted by molar-refractivity contribution is 5.86. The molecule has 0 radical (unpaired) electrons. The topological polar surface area (TPSA) is 103 Å². The van der Waals surface area contributed by atoms with Crippen LogP contribution in [-0.2, 0) is 17.6 Å². The molecule has 0 aromatic heterocycles. The molecule has 26 heavy (non-hydrogen) atoms. The molecule has 0 aliphatic carbocycles. The lowest BCUT2D eigenvalue weighted by Crippen LogP contribution is -2.50. The summed E-state index contributed by atoms with van der Waals surface area (Å²) in [6, 6.07) is 13.7. The first-order valence-corrected chi connectivity index (χ1v) is 8.38. The van der Waals surface area contributed by atoms with E-state index in [1.807, 2.05) is 48.5 Å². The van der Waals surface area contributed by atoms with E-state index in [1.165, 1.54) is 0 Å². The van der Waals surface area contributed by atoms with Crippen LogP contribution in [0.25, 0.3) is 0 Å². The third-order valence-electron chi connectivity index (χ3n) is 4.07. The van der Waals surface area contributed by atoms with Crippen molar-refractivity contribution in [3.8, 4) is 11.5 Å². The molecule has 3 amide bonds. The van der Waals surface area contributed by atoms with Crippen molar-refractivity contribution < 1.29 is 19.1 Å². The molecule has 2 aromatic rings. The van der Waals surface area contributed by atoms with Gasteiger partial charge in [-0.25, -0.2) is 4.79 Å². The van der Waals surface area contributed by atoms with E-state index >= 15 is 0 Å². The van der Waals surface area contributed by atoms with Gasteiger partial charge in [-0.2, -0.15) is 0 Å². The fourth-order valence-electron chi connectivity index (χ4n) is 2.78. The summed E-state index contributed by atoms with van der Waals surface area (Å²) in [4.78, 5) is 23.6. The molecule has 4 N–H and O–H groups in total. The van der Waals surface area contributed by atoms with Crippen LogP contribution in [-0.4, -0.2) is 31.3 Å². The van der Waals surface area contributed by atoms with Crippen molar-refractivity contribution in [3.63, 3.8) is 0 Å².